The molecule has 0 aromatic carbocycles. The third-order valence-electron chi connectivity index (χ3n) is 6.18. The molecule has 4 aliphatic rings. The van der Waals surface area contributed by atoms with Gasteiger partial charge in [-0.2, -0.15) is 5.10 Å². The van der Waals surface area contributed by atoms with E-state index in [-0.39, 0.29) is 0 Å². The van der Waals surface area contributed by atoms with Crippen LogP contribution >= 0.6 is 0 Å². The fourth-order valence-corrected chi connectivity index (χ4v) is 5.94. The van der Waals surface area contributed by atoms with Gasteiger partial charge < -0.3 is 5.73 Å². The third kappa shape index (κ3) is 2.15. The number of hydrogen-bond acceptors (Lipinski definition) is 2. The summed E-state index contributed by atoms with van der Waals surface area (Å²) in [6.07, 6.45) is 11.8. The molecule has 1 heterocycles. The first-order valence-corrected chi connectivity index (χ1v) is 8.42. The van der Waals surface area contributed by atoms with Gasteiger partial charge >= 0.3 is 0 Å². The monoisotopic (exact) mass is 273 g/mol. The summed E-state index contributed by atoms with van der Waals surface area (Å²) in [4.78, 5) is 0. The number of aromatic nitrogens is 2. The molecule has 4 fully saturated rings. The maximum Gasteiger partial charge on any atom is 0.121 e. The van der Waals surface area contributed by atoms with E-state index in [1.807, 2.05) is 17.7 Å². The Labute approximate surface area is 121 Å². The zero-order valence-corrected chi connectivity index (χ0v) is 12.6. The predicted molar refractivity (Wildman–Crippen MR) is 81.2 cm³/mol. The van der Waals surface area contributed by atoms with Gasteiger partial charge in [-0.05, 0) is 81.5 Å². The van der Waals surface area contributed by atoms with Crippen LogP contribution in [-0.2, 0) is 6.54 Å². The highest BCUT2D eigenvalue weighted by molar-refractivity contribution is 5.29. The zero-order valence-electron chi connectivity index (χ0n) is 12.6. The van der Waals surface area contributed by atoms with E-state index in [0.29, 0.717) is 5.41 Å². The summed E-state index contributed by atoms with van der Waals surface area (Å²) in [5.41, 5.74) is 7.73. The summed E-state index contributed by atoms with van der Waals surface area (Å²) in [5.74, 6) is 4.03. The molecule has 0 radical (unpaired) electrons. The van der Waals surface area contributed by atoms with Crippen molar-refractivity contribution in [1.29, 1.82) is 0 Å². The highest BCUT2D eigenvalue weighted by Gasteiger charge is 2.50. The number of rotatable bonds is 4. The summed E-state index contributed by atoms with van der Waals surface area (Å²) in [6.45, 7) is 3.02. The lowest BCUT2D eigenvalue weighted by Crippen LogP contribution is -2.46. The van der Waals surface area contributed by atoms with Crippen molar-refractivity contribution >= 4 is 5.82 Å². The highest BCUT2D eigenvalue weighted by atomic mass is 15.3. The van der Waals surface area contributed by atoms with E-state index in [1.165, 1.54) is 32.1 Å². The van der Waals surface area contributed by atoms with Gasteiger partial charge in [-0.25, -0.2) is 4.68 Å². The van der Waals surface area contributed by atoms with Crippen LogP contribution in [0.4, 0.5) is 5.82 Å². The van der Waals surface area contributed by atoms with Crippen LogP contribution in [0.3, 0.4) is 0 Å². The van der Waals surface area contributed by atoms with Crippen molar-refractivity contribution in [2.24, 2.45) is 23.2 Å². The summed E-state index contributed by atoms with van der Waals surface area (Å²) in [6, 6.07) is 1.98. The summed E-state index contributed by atoms with van der Waals surface area (Å²) in [5, 5.41) is 4.49. The molecule has 0 spiro atoms. The highest BCUT2D eigenvalue weighted by Crippen LogP contribution is 2.61. The van der Waals surface area contributed by atoms with E-state index in [1.54, 1.807) is 19.3 Å². The van der Waals surface area contributed by atoms with Gasteiger partial charge in [0.05, 0.1) is 5.69 Å². The molecule has 1 aromatic rings. The van der Waals surface area contributed by atoms with Crippen molar-refractivity contribution in [2.45, 2.75) is 64.8 Å². The number of hydrogen-bond donors (Lipinski definition) is 1. The second-order valence-corrected chi connectivity index (χ2v) is 7.95. The number of nitrogens with zero attached hydrogens (tertiary/aromatic N) is 2. The van der Waals surface area contributed by atoms with Crippen LogP contribution in [0.15, 0.2) is 6.07 Å². The van der Waals surface area contributed by atoms with Crippen LogP contribution in [0.25, 0.3) is 0 Å². The summed E-state index contributed by atoms with van der Waals surface area (Å²) in [7, 11) is 0. The predicted octanol–water partition coefficient (Wildman–Crippen LogP) is 3.77. The summed E-state index contributed by atoms with van der Waals surface area (Å²) >= 11 is 0. The minimum absolute atomic E-state index is 0.700. The molecule has 1 aromatic heterocycles. The third-order valence-corrected chi connectivity index (χ3v) is 6.18. The van der Waals surface area contributed by atoms with Crippen LogP contribution in [-0.4, -0.2) is 9.78 Å². The lowest BCUT2D eigenvalue weighted by molar-refractivity contribution is -0.0586. The van der Waals surface area contributed by atoms with E-state index in [2.05, 4.69) is 5.10 Å². The van der Waals surface area contributed by atoms with E-state index in [4.69, 9.17) is 5.73 Å². The molecule has 4 bridgehead atoms. The molecule has 4 aliphatic carbocycles. The topological polar surface area (TPSA) is 43.8 Å². The standard InChI is InChI=1S/C17H27N3/c1-12-5-16(18)20(19-12)4-2-3-17-9-13-6-14(10-17)8-15(7-13)11-17/h5,13-15H,2-4,6-11,18H2,1H3. The lowest BCUT2D eigenvalue weighted by Gasteiger charge is -2.57. The van der Waals surface area contributed by atoms with Gasteiger partial charge in [0.1, 0.15) is 5.82 Å². The van der Waals surface area contributed by atoms with Crippen LogP contribution < -0.4 is 5.73 Å². The first-order chi connectivity index (χ1) is 9.62. The summed E-state index contributed by atoms with van der Waals surface area (Å²) < 4.78 is 2.00. The van der Waals surface area contributed by atoms with Gasteiger partial charge in [0.15, 0.2) is 0 Å². The Bertz CT molecular complexity index is 467. The minimum Gasteiger partial charge on any atom is -0.384 e. The Kier molecular flexibility index (Phi) is 2.87. The number of anilines is 1. The van der Waals surface area contributed by atoms with Gasteiger partial charge in [-0.3, -0.25) is 0 Å². The average Bonchev–Trinajstić information content (AvgIpc) is 2.66. The molecule has 5 rings (SSSR count). The SMILES string of the molecule is Cc1cc(N)n(CCCC23CC4CC(CC(C4)C2)C3)n1. The molecule has 0 saturated heterocycles. The normalized spacial score (nSPS) is 38.5. The smallest absolute Gasteiger partial charge is 0.121 e. The first kappa shape index (κ1) is 12.7. The second kappa shape index (κ2) is 4.51. The Morgan fingerprint density at radius 1 is 1.20 bits per heavy atom. The van der Waals surface area contributed by atoms with Gasteiger partial charge in [0, 0.05) is 12.6 Å². The van der Waals surface area contributed by atoms with Gasteiger partial charge in [0.2, 0.25) is 0 Å². The van der Waals surface area contributed by atoms with Crippen LogP contribution in [0.5, 0.6) is 0 Å². The zero-order chi connectivity index (χ0) is 13.7. The van der Waals surface area contributed by atoms with Crippen molar-refractivity contribution in [1.82, 2.24) is 9.78 Å². The molecule has 0 atom stereocenters. The molecule has 20 heavy (non-hydrogen) atoms. The molecule has 4 saturated carbocycles. The van der Waals surface area contributed by atoms with E-state index >= 15 is 0 Å². The Morgan fingerprint density at radius 3 is 2.30 bits per heavy atom. The van der Waals surface area contributed by atoms with Gasteiger partial charge in [0.25, 0.3) is 0 Å². The van der Waals surface area contributed by atoms with E-state index in [9.17, 15) is 0 Å². The fraction of sp³-hybridized carbons (Fsp3) is 0.824. The van der Waals surface area contributed by atoms with Crippen molar-refractivity contribution in [3.8, 4) is 0 Å². The minimum atomic E-state index is 0.700. The van der Waals surface area contributed by atoms with Gasteiger partial charge in [-0.1, -0.05) is 0 Å². The molecule has 2 N–H and O–H groups in total. The fourth-order valence-electron chi connectivity index (χ4n) is 5.94. The van der Waals surface area contributed by atoms with Crippen molar-refractivity contribution in [2.75, 3.05) is 5.73 Å². The molecular weight excluding hydrogens is 246 g/mol. The largest absolute Gasteiger partial charge is 0.384 e. The van der Waals surface area contributed by atoms with Crippen LogP contribution in [0.1, 0.15) is 57.1 Å². The van der Waals surface area contributed by atoms with E-state index < -0.39 is 0 Å². The maximum absolute atomic E-state index is 5.99. The molecule has 110 valence electrons. The van der Waals surface area contributed by atoms with E-state index in [0.717, 1.165) is 35.8 Å². The molecule has 0 aliphatic heterocycles. The van der Waals surface area contributed by atoms with Crippen LogP contribution in [0, 0.1) is 30.1 Å². The van der Waals surface area contributed by atoms with Crippen LogP contribution in [0.2, 0.25) is 0 Å². The molecule has 0 unspecified atom stereocenters. The average molecular weight is 273 g/mol. The number of aryl methyl sites for hydroxylation is 2. The second-order valence-electron chi connectivity index (χ2n) is 7.95. The maximum atomic E-state index is 5.99. The number of nitrogens with two attached hydrogens (primary N) is 1. The Balaban J connectivity index is 1.39. The van der Waals surface area contributed by atoms with Crippen molar-refractivity contribution in [3.63, 3.8) is 0 Å². The molecule has 0 amide bonds. The number of nitrogen functional groups attached to an aromatic ring is 1. The molecule has 3 heteroatoms. The Morgan fingerprint density at radius 2 is 1.80 bits per heavy atom. The quantitative estimate of drug-likeness (QED) is 0.907. The Hall–Kier alpha value is -0.990. The lowest BCUT2D eigenvalue weighted by atomic mass is 9.48. The molecular formula is C17H27N3. The molecule has 3 nitrogen and oxygen atoms in total. The van der Waals surface area contributed by atoms with Crippen molar-refractivity contribution in [3.05, 3.63) is 11.8 Å². The van der Waals surface area contributed by atoms with Crippen molar-refractivity contribution < 1.29 is 0 Å². The van der Waals surface area contributed by atoms with Gasteiger partial charge in [-0.15, -0.1) is 0 Å². The first-order valence-electron chi connectivity index (χ1n) is 8.42.